The van der Waals surface area contributed by atoms with E-state index in [0.29, 0.717) is 0 Å². The minimum Gasteiger partial charge on any atom is -0.241 e. The molecule has 1 atom stereocenters. The second-order valence-electron chi connectivity index (χ2n) is 3.76. The van der Waals surface area contributed by atoms with E-state index in [0.717, 1.165) is 16.8 Å². The molecule has 0 bridgehead atoms. The van der Waals surface area contributed by atoms with Gasteiger partial charge in [0.15, 0.2) is 0 Å². The van der Waals surface area contributed by atoms with Crippen LogP contribution < -0.4 is 0 Å². The van der Waals surface area contributed by atoms with Crippen LogP contribution in [0, 0.1) is 18.9 Å². The molecule has 2 aromatic rings. The number of aromatic nitrogens is 2. The lowest BCUT2D eigenvalue weighted by atomic mass is 9.93. The molecule has 0 spiro atoms. The van der Waals surface area contributed by atoms with E-state index in [2.05, 4.69) is 16.2 Å². The molecule has 1 unspecified atom stereocenters. The third-order valence-electron chi connectivity index (χ3n) is 2.67. The second-order valence-corrected chi connectivity index (χ2v) is 3.76. The van der Waals surface area contributed by atoms with E-state index in [-0.39, 0.29) is 11.7 Å². The van der Waals surface area contributed by atoms with E-state index >= 15 is 0 Å². The molecule has 0 N–H and O–H groups in total. The minimum absolute atomic E-state index is 0.0527. The van der Waals surface area contributed by atoms with E-state index in [4.69, 9.17) is 0 Å². The maximum absolute atomic E-state index is 13.1. The van der Waals surface area contributed by atoms with Crippen LogP contribution in [-0.2, 0) is 0 Å². The van der Waals surface area contributed by atoms with Crippen molar-refractivity contribution in [2.75, 3.05) is 0 Å². The number of halogens is 1. The van der Waals surface area contributed by atoms with Crippen LogP contribution in [0.4, 0.5) is 4.39 Å². The van der Waals surface area contributed by atoms with Crippen molar-refractivity contribution in [3.63, 3.8) is 0 Å². The number of nitrogens with zero attached hydrogens (tertiary/aromatic N) is 2. The normalized spacial score (nSPS) is 12.4. The summed E-state index contributed by atoms with van der Waals surface area (Å²) in [6.07, 6.45) is 4.39. The monoisotopic (exact) mass is 215 g/mol. The molecule has 16 heavy (non-hydrogen) atoms. The molecule has 0 aliphatic rings. The summed E-state index contributed by atoms with van der Waals surface area (Å²) in [5.41, 5.74) is 2.70. The summed E-state index contributed by atoms with van der Waals surface area (Å²) in [5.74, 6) is -0.171. The van der Waals surface area contributed by atoms with E-state index in [1.165, 1.54) is 18.5 Å². The minimum atomic E-state index is -0.223. The van der Waals surface area contributed by atoms with Gasteiger partial charge in [-0.15, -0.1) is 0 Å². The van der Waals surface area contributed by atoms with Gasteiger partial charge in [-0.25, -0.2) is 14.4 Å². The molecule has 2 rings (SSSR count). The molecule has 81 valence electrons. The molecular formula is C13H12FN2. The Morgan fingerprint density at radius 1 is 1.38 bits per heavy atom. The number of rotatable bonds is 2. The fourth-order valence-corrected chi connectivity index (χ4v) is 1.72. The molecule has 0 saturated carbocycles. The van der Waals surface area contributed by atoms with Gasteiger partial charge in [0.05, 0.1) is 6.20 Å². The molecule has 1 aromatic carbocycles. The van der Waals surface area contributed by atoms with Gasteiger partial charge in [0.2, 0.25) is 0 Å². The predicted molar refractivity (Wildman–Crippen MR) is 59.5 cm³/mol. The lowest BCUT2D eigenvalue weighted by Gasteiger charge is -2.13. The second kappa shape index (κ2) is 4.39. The zero-order chi connectivity index (χ0) is 11.5. The van der Waals surface area contributed by atoms with Crippen LogP contribution in [0.15, 0.2) is 30.6 Å². The molecule has 3 heteroatoms. The van der Waals surface area contributed by atoms with Crippen molar-refractivity contribution in [3.8, 4) is 0 Å². The Hall–Kier alpha value is -1.77. The van der Waals surface area contributed by atoms with Crippen molar-refractivity contribution in [2.24, 2.45) is 0 Å². The summed E-state index contributed by atoms with van der Waals surface area (Å²) in [7, 11) is 0. The van der Waals surface area contributed by atoms with Gasteiger partial charge in [-0.2, -0.15) is 0 Å². The SMILES string of the molecule is Cc1ncn[c]c1C(C)c1cccc(F)c1. The van der Waals surface area contributed by atoms with Gasteiger partial charge in [-0.1, -0.05) is 19.1 Å². The summed E-state index contributed by atoms with van der Waals surface area (Å²) < 4.78 is 13.1. The zero-order valence-electron chi connectivity index (χ0n) is 9.24. The molecule has 0 aliphatic heterocycles. The number of hydrogen-bond acceptors (Lipinski definition) is 2. The first-order valence-corrected chi connectivity index (χ1v) is 5.13. The predicted octanol–water partition coefficient (Wildman–Crippen LogP) is 2.88. The zero-order valence-corrected chi connectivity index (χ0v) is 9.24. The fourth-order valence-electron chi connectivity index (χ4n) is 1.72. The van der Waals surface area contributed by atoms with Crippen molar-refractivity contribution in [2.45, 2.75) is 19.8 Å². The Morgan fingerprint density at radius 2 is 2.19 bits per heavy atom. The van der Waals surface area contributed by atoms with E-state index in [1.807, 2.05) is 19.9 Å². The van der Waals surface area contributed by atoms with Gasteiger partial charge in [-0.05, 0) is 24.6 Å². The Morgan fingerprint density at radius 3 is 2.88 bits per heavy atom. The maximum Gasteiger partial charge on any atom is 0.123 e. The van der Waals surface area contributed by atoms with Gasteiger partial charge in [0.1, 0.15) is 12.1 Å². The number of aryl methyl sites for hydroxylation is 1. The van der Waals surface area contributed by atoms with Crippen LogP contribution in [-0.4, -0.2) is 9.97 Å². The van der Waals surface area contributed by atoms with E-state index in [1.54, 1.807) is 6.07 Å². The van der Waals surface area contributed by atoms with Crippen molar-refractivity contribution in [1.29, 1.82) is 0 Å². The lowest BCUT2D eigenvalue weighted by Crippen LogP contribution is -2.02. The topological polar surface area (TPSA) is 25.8 Å². The molecule has 1 heterocycles. The summed E-state index contributed by atoms with van der Waals surface area (Å²) >= 11 is 0. The molecular weight excluding hydrogens is 203 g/mol. The molecule has 1 radical (unpaired) electrons. The number of benzene rings is 1. The van der Waals surface area contributed by atoms with Gasteiger partial charge in [-0.3, -0.25) is 0 Å². The molecule has 2 nitrogen and oxygen atoms in total. The average Bonchev–Trinajstić information content (AvgIpc) is 2.29. The summed E-state index contributed by atoms with van der Waals surface area (Å²) in [6.45, 7) is 3.90. The van der Waals surface area contributed by atoms with Crippen molar-refractivity contribution < 1.29 is 4.39 Å². The van der Waals surface area contributed by atoms with Gasteiger partial charge in [0, 0.05) is 17.2 Å². The molecule has 1 aromatic heterocycles. The third-order valence-corrected chi connectivity index (χ3v) is 2.67. The lowest BCUT2D eigenvalue weighted by molar-refractivity contribution is 0.624. The molecule has 0 saturated heterocycles. The van der Waals surface area contributed by atoms with Gasteiger partial charge in [0.25, 0.3) is 0 Å². The highest BCUT2D eigenvalue weighted by Crippen LogP contribution is 2.24. The highest BCUT2D eigenvalue weighted by molar-refractivity contribution is 5.31. The van der Waals surface area contributed by atoms with Crippen molar-refractivity contribution in [3.05, 3.63) is 59.4 Å². The Labute approximate surface area is 94.2 Å². The number of hydrogen-bond donors (Lipinski definition) is 0. The van der Waals surface area contributed by atoms with Crippen molar-refractivity contribution >= 4 is 0 Å². The third kappa shape index (κ3) is 2.08. The van der Waals surface area contributed by atoms with E-state index < -0.39 is 0 Å². The highest BCUT2D eigenvalue weighted by atomic mass is 19.1. The van der Waals surface area contributed by atoms with Crippen LogP contribution in [0.3, 0.4) is 0 Å². The average molecular weight is 215 g/mol. The summed E-state index contributed by atoms with van der Waals surface area (Å²) in [6, 6.07) is 6.58. The maximum atomic E-state index is 13.1. The Balaban J connectivity index is 2.39. The smallest absolute Gasteiger partial charge is 0.123 e. The first-order chi connectivity index (χ1) is 7.68. The fraction of sp³-hybridized carbons (Fsp3) is 0.231. The quantitative estimate of drug-likeness (QED) is 0.769. The molecule has 0 amide bonds. The molecule has 0 fully saturated rings. The van der Waals surface area contributed by atoms with Crippen LogP contribution in [0.25, 0.3) is 0 Å². The summed E-state index contributed by atoms with van der Waals surface area (Å²) in [4.78, 5) is 8.00. The molecule has 0 aliphatic carbocycles. The van der Waals surface area contributed by atoms with Gasteiger partial charge >= 0.3 is 0 Å². The van der Waals surface area contributed by atoms with Crippen LogP contribution in [0.2, 0.25) is 0 Å². The van der Waals surface area contributed by atoms with Crippen LogP contribution in [0.1, 0.15) is 29.7 Å². The largest absolute Gasteiger partial charge is 0.241 e. The van der Waals surface area contributed by atoms with Crippen LogP contribution in [0.5, 0.6) is 0 Å². The Bertz CT molecular complexity index is 497. The van der Waals surface area contributed by atoms with Gasteiger partial charge < -0.3 is 0 Å². The standard InChI is InChI=1S/C13H12FN2/c1-9(11-4-3-5-12(14)6-11)13-7-15-8-16-10(13)2/h3-6,8-9H,1-2H3. The Kier molecular flexibility index (Phi) is 2.95. The summed E-state index contributed by atoms with van der Waals surface area (Å²) in [5, 5.41) is 0. The van der Waals surface area contributed by atoms with E-state index in [9.17, 15) is 4.39 Å². The highest BCUT2D eigenvalue weighted by Gasteiger charge is 2.12. The first-order valence-electron chi connectivity index (χ1n) is 5.13. The first kappa shape index (κ1) is 10.7. The van der Waals surface area contributed by atoms with Crippen LogP contribution >= 0.6 is 0 Å². The van der Waals surface area contributed by atoms with Crippen molar-refractivity contribution in [1.82, 2.24) is 9.97 Å².